The Morgan fingerprint density at radius 1 is 0.416 bits per heavy atom. The molecule has 5 heterocycles. The van der Waals surface area contributed by atoms with Crippen LogP contribution in [0.2, 0.25) is 0 Å². The highest BCUT2D eigenvalue weighted by Crippen LogP contribution is 2.46. The van der Waals surface area contributed by atoms with E-state index in [2.05, 4.69) is 31.9 Å². The Labute approximate surface area is 729 Å². The predicted octanol–water partition coefficient (Wildman–Crippen LogP) is -5.80. The Balaban J connectivity index is 1.28. The van der Waals surface area contributed by atoms with E-state index in [1.165, 1.54) is 13.8 Å². The summed E-state index contributed by atoms with van der Waals surface area (Å²) in [4.78, 5) is 138. The maximum Gasteiger partial charge on any atom is 0.242 e. The number of hydrogen-bond acceptors (Lipinski definition) is 36. The first-order valence-electron chi connectivity index (χ1n) is 43.5. The summed E-state index contributed by atoms with van der Waals surface area (Å²) in [5.74, 6) is -7.91. The second kappa shape index (κ2) is 58.1. The molecule has 0 radical (unpaired) electrons. The molecule has 5 saturated heterocycles. The van der Waals surface area contributed by atoms with Crippen molar-refractivity contribution in [1.82, 2.24) is 36.8 Å². The lowest BCUT2D eigenvalue weighted by atomic mass is 9.69. The summed E-state index contributed by atoms with van der Waals surface area (Å²) < 4.78 is 73.3. The monoisotopic (exact) mass is 1800 g/mol. The zero-order valence-electron chi connectivity index (χ0n) is 73.2. The molecule has 5 fully saturated rings. The van der Waals surface area contributed by atoms with E-state index in [4.69, 9.17) is 61.6 Å². The van der Waals surface area contributed by atoms with Crippen LogP contribution < -0.4 is 31.9 Å². The van der Waals surface area contributed by atoms with Gasteiger partial charge in [0, 0.05) is 140 Å². The summed E-state index contributed by atoms with van der Waals surface area (Å²) in [5, 5.41) is 148. The van der Waals surface area contributed by atoms with Crippen molar-refractivity contribution in [3.8, 4) is 0 Å². The Kier molecular flexibility index (Phi) is 51.0. The Bertz CT molecular complexity index is 3210. The normalized spacial score (nSPS) is 30.1. The van der Waals surface area contributed by atoms with E-state index >= 15 is 0 Å². The number of ether oxygens (including phenoxy) is 13. The number of likely N-dealkylation sites (tertiary alicyclic amines) is 1. The third kappa shape index (κ3) is 36.5. The van der Waals surface area contributed by atoms with Gasteiger partial charge in [0.2, 0.25) is 41.4 Å². The van der Waals surface area contributed by atoms with Gasteiger partial charge in [-0.15, -0.1) is 0 Å². The first-order chi connectivity index (χ1) is 59.6. The Morgan fingerprint density at radius 3 is 1.31 bits per heavy atom. The number of ketones is 3. The van der Waals surface area contributed by atoms with Gasteiger partial charge in [0.15, 0.2) is 30.9 Å². The topological polar surface area (TPSA) is 629 Å². The number of aliphatic hydroxyl groups is 13. The van der Waals surface area contributed by atoms with Crippen LogP contribution in [0.1, 0.15) is 157 Å². The highest BCUT2D eigenvalue weighted by molar-refractivity contribution is 5.93. The minimum absolute atomic E-state index is 0.000482. The smallest absolute Gasteiger partial charge is 0.242 e. The van der Waals surface area contributed by atoms with Crippen LogP contribution >= 0.6 is 0 Å². The van der Waals surface area contributed by atoms with Gasteiger partial charge < -0.3 is 165 Å². The first kappa shape index (κ1) is 110. The van der Waals surface area contributed by atoms with Crippen molar-refractivity contribution in [1.29, 1.82) is 0 Å². The van der Waals surface area contributed by atoms with Crippen LogP contribution in [0.15, 0.2) is 0 Å². The molecule has 0 spiro atoms. The van der Waals surface area contributed by atoms with Gasteiger partial charge in [-0.25, -0.2) is 0 Å². The molecule has 25 atom stereocenters. The molecule has 0 aromatic rings. The molecule has 43 nitrogen and oxygen atoms in total. The lowest BCUT2D eigenvalue weighted by Gasteiger charge is -2.42. The second-order valence-electron chi connectivity index (χ2n) is 33.3. The molecule has 5 aliphatic heterocycles. The highest BCUT2D eigenvalue weighted by atomic mass is 16.7. The van der Waals surface area contributed by atoms with Gasteiger partial charge in [-0.05, 0) is 44.9 Å². The van der Waals surface area contributed by atoms with Crippen molar-refractivity contribution in [2.45, 2.75) is 280 Å². The number of unbranched alkanes of at least 4 members (excludes halogenated alkanes) is 4. The van der Waals surface area contributed by atoms with Gasteiger partial charge in [-0.2, -0.15) is 0 Å². The second-order valence-corrected chi connectivity index (χ2v) is 33.3. The fourth-order valence-corrected chi connectivity index (χ4v) is 15.3. The summed E-state index contributed by atoms with van der Waals surface area (Å²) in [5.41, 5.74) is -1.01. The summed E-state index contributed by atoms with van der Waals surface area (Å²) in [7, 11) is 1.58. The standard InChI is InChI=1S/C82H143N7O36/c1-48-67(103)69(105)58(40-90)122-77(48)118-35-31-114-27-13-16-53(97)20-21-56(76(112)84-26-30-117-33-36-119-78-49(2)68(104)70(106)59(41-91)123-78)88-75(111)52(39-54(98)15-11-9-8-10-12-18-64(102)89-44-81(5,46-94)82(6,45-89)47-113-7)19-23-63(101)87-55(57(99)17-14-28-115-32-37-120-79-65(85-50(3)95)73(109)71(107)60(42-92)124-79)22-24-62(100)83-25-29-116-34-38-121-80-66(86-51(4)96)74(110)72(108)61(43-93)125-80/h48-49,52,55-56,58-61,65-74,77-80,90-94,103-110H,8-47H2,1-7H3,(H,83,100)(H,84,112)(H,85,95)(H,86,96)(H,87,101)(H,88,111)/t48-,49-,52-,55+,56+,58-,59-,60-,61-,65-,66-,67-,68-,69+,70+,71+,72+,73-,74-,77?,78?,79?,80?,81+,82-/m1/s1. The minimum atomic E-state index is -1.57. The lowest BCUT2D eigenvalue weighted by Crippen LogP contribution is -2.64. The summed E-state index contributed by atoms with van der Waals surface area (Å²) >= 11 is 0. The summed E-state index contributed by atoms with van der Waals surface area (Å²) in [6.07, 6.45) is -19.6. The van der Waals surface area contributed by atoms with Gasteiger partial charge in [0.25, 0.3) is 0 Å². The summed E-state index contributed by atoms with van der Waals surface area (Å²) in [6.45, 7) is 7.18. The zero-order chi connectivity index (χ0) is 92.3. The first-order valence-corrected chi connectivity index (χ1v) is 43.5. The fourth-order valence-electron chi connectivity index (χ4n) is 15.3. The van der Waals surface area contributed by atoms with Crippen LogP contribution in [-0.2, 0) is 110 Å². The van der Waals surface area contributed by atoms with Gasteiger partial charge in [0.05, 0.1) is 124 Å². The molecular formula is C82H143N7O36. The maximum atomic E-state index is 14.8. The van der Waals surface area contributed by atoms with Crippen LogP contribution in [0.4, 0.5) is 0 Å². The van der Waals surface area contributed by atoms with E-state index in [0.29, 0.717) is 51.8 Å². The molecule has 7 amide bonds. The third-order valence-electron chi connectivity index (χ3n) is 23.3. The van der Waals surface area contributed by atoms with Crippen LogP contribution in [-0.4, -0.2) is 405 Å². The number of methoxy groups -OCH3 is 1. The molecule has 4 unspecified atom stereocenters. The maximum absolute atomic E-state index is 14.8. The van der Waals surface area contributed by atoms with Crippen molar-refractivity contribution < 1.29 is 176 Å². The average molecular weight is 1800 g/mol. The molecule has 5 aliphatic rings. The molecule has 5 rings (SSSR count). The van der Waals surface area contributed by atoms with Gasteiger partial charge in [-0.3, -0.25) is 47.9 Å². The molecule has 125 heavy (non-hydrogen) atoms. The number of carbonyl (C=O) groups excluding carboxylic acids is 10. The Morgan fingerprint density at radius 2 is 0.832 bits per heavy atom. The number of aliphatic hydroxyl groups excluding tert-OH is 13. The molecule has 0 bridgehead atoms. The number of carbonyl (C=O) groups is 10. The molecule has 0 aromatic heterocycles. The molecule has 43 heteroatoms. The highest BCUT2D eigenvalue weighted by Gasteiger charge is 2.54. The van der Waals surface area contributed by atoms with E-state index in [0.717, 1.165) is 0 Å². The van der Waals surface area contributed by atoms with Gasteiger partial charge in [0.1, 0.15) is 90.7 Å². The van der Waals surface area contributed by atoms with Crippen LogP contribution in [0, 0.1) is 28.6 Å². The van der Waals surface area contributed by atoms with Crippen molar-refractivity contribution >= 4 is 58.7 Å². The van der Waals surface area contributed by atoms with Gasteiger partial charge >= 0.3 is 0 Å². The van der Waals surface area contributed by atoms with E-state index in [1.54, 1.807) is 25.9 Å². The van der Waals surface area contributed by atoms with E-state index in [-0.39, 0.29) is 187 Å². The predicted molar refractivity (Wildman–Crippen MR) is 435 cm³/mol. The van der Waals surface area contributed by atoms with E-state index in [1.807, 2.05) is 13.8 Å². The lowest BCUT2D eigenvalue weighted by molar-refractivity contribution is -0.284. The Hall–Kier alpha value is -5.74. The number of hydrogen-bond donors (Lipinski definition) is 19. The van der Waals surface area contributed by atoms with Crippen LogP contribution in [0.25, 0.3) is 0 Å². The van der Waals surface area contributed by atoms with Crippen LogP contribution in [0.5, 0.6) is 0 Å². The zero-order valence-corrected chi connectivity index (χ0v) is 73.2. The number of nitrogens with zero attached hydrogens (tertiary/aromatic N) is 1. The van der Waals surface area contributed by atoms with Crippen molar-refractivity contribution in [2.75, 3.05) is 152 Å². The average Bonchev–Trinajstić information content (AvgIpc) is 1.61. The van der Waals surface area contributed by atoms with Crippen molar-refractivity contribution in [3.05, 3.63) is 0 Å². The van der Waals surface area contributed by atoms with Crippen LogP contribution in [0.3, 0.4) is 0 Å². The SMILES string of the molecule is COC[C@@]1(C)CN(C(=O)CCCCCCCC(=O)C[C@@H](CCC(=O)N[C@@H](CCC(=O)NCCOCCOC2O[C@H](CO)[C@H](O)[C@H](O)[C@H]2NC(C)=O)C(=O)CCCOCCOC2O[C@H](CO)[C@H](O)[C@H](O)[C@H]2NC(C)=O)C(=O)N[C@@H](CCC(=O)CCCOCCOC2O[C@H](CO)[C@H](O)[C@H](O)[C@H]2C)C(=O)NCCOCCOC2O[C@H](CO)[C@H](O)[C@H](O)[C@H]2C)C[C@@]1(C)CO. The quantitative estimate of drug-likeness (QED) is 0.0252. The summed E-state index contributed by atoms with van der Waals surface area (Å²) in [6, 6.07) is -5.15. The molecule has 19 N–H and O–H groups in total. The van der Waals surface area contributed by atoms with E-state index in [9.17, 15) is 114 Å². The van der Waals surface area contributed by atoms with Crippen molar-refractivity contribution in [2.24, 2.45) is 28.6 Å². The molecule has 0 saturated carbocycles. The number of nitrogens with one attached hydrogen (secondary N) is 6. The van der Waals surface area contributed by atoms with Gasteiger partial charge in [-0.1, -0.05) is 47.0 Å². The molecular weight excluding hydrogens is 1660 g/mol. The minimum Gasteiger partial charge on any atom is -0.396 e. The molecule has 722 valence electrons. The van der Waals surface area contributed by atoms with E-state index < -0.39 is 232 Å². The van der Waals surface area contributed by atoms with Crippen molar-refractivity contribution in [3.63, 3.8) is 0 Å². The molecule has 0 aliphatic carbocycles. The number of amides is 7. The largest absolute Gasteiger partial charge is 0.396 e. The fraction of sp³-hybridized carbons (Fsp3) is 0.878. The number of Topliss-reactive ketones (excluding diaryl/α,β-unsaturated/α-hetero) is 3. The third-order valence-corrected chi connectivity index (χ3v) is 23.3. The molecule has 0 aromatic carbocycles. The number of rotatable bonds is 63.